The number of allylic oxidation sites excluding steroid dienone is 1. The Morgan fingerprint density at radius 1 is 1.33 bits per heavy atom. The summed E-state index contributed by atoms with van der Waals surface area (Å²) in [5.41, 5.74) is 2.03. The van der Waals surface area contributed by atoms with E-state index in [9.17, 15) is 9.90 Å². The summed E-state index contributed by atoms with van der Waals surface area (Å²) in [4.78, 5) is 14.1. The molecule has 0 bridgehead atoms. The van der Waals surface area contributed by atoms with E-state index in [1.54, 1.807) is 11.9 Å². The molecule has 0 saturated carbocycles. The van der Waals surface area contributed by atoms with Crippen LogP contribution in [-0.4, -0.2) is 29.0 Å². The fourth-order valence-electron chi connectivity index (χ4n) is 2.30. The fraction of sp³-hybridized carbons (Fsp3) is 0.471. The van der Waals surface area contributed by atoms with Gasteiger partial charge in [0.2, 0.25) is 5.91 Å². The highest BCUT2D eigenvalue weighted by Crippen LogP contribution is 2.22. The van der Waals surface area contributed by atoms with Crippen molar-refractivity contribution in [3.8, 4) is 0 Å². The van der Waals surface area contributed by atoms with Crippen LogP contribution < -0.4 is 0 Å². The average molecular weight is 401 g/mol. The molecule has 116 valence electrons. The molecule has 1 aromatic carbocycles. The monoisotopic (exact) mass is 401 g/mol. The predicted molar refractivity (Wildman–Crippen MR) is 95.2 cm³/mol. The van der Waals surface area contributed by atoms with E-state index in [1.165, 1.54) is 5.57 Å². The number of aliphatic hydroxyl groups is 1. The van der Waals surface area contributed by atoms with Crippen molar-refractivity contribution >= 4 is 28.5 Å². The highest BCUT2D eigenvalue weighted by atomic mass is 127. The quantitative estimate of drug-likeness (QED) is 0.734. The Hall–Kier alpha value is -0.880. The van der Waals surface area contributed by atoms with E-state index in [1.807, 2.05) is 55.2 Å². The van der Waals surface area contributed by atoms with Crippen LogP contribution in [0.5, 0.6) is 0 Å². The van der Waals surface area contributed by atoms with Gasteiger partial charge in [0.25, 0.3) is 0 Å². The van der Waals surface area contributed by atoms with Gasteiger partial charge in [-0.05, 0) is 29.9 Å². The Morgan fingerprint density at radius 2 is 1.90 bits per heavy atom. The summed E-state index contributed by atoms with van der Waals surface area (Å²) in [5, 5.41) is 10.4. The number of hydrogen-bond acceptors (Lipinski definition) is 2. The third kappa shape index (κ3) is 5.11. The molecule has 0 fully saturated rings. The number of carbonyl (C=O) groups excluding carboxylic acids is 1. The molecule has 0 aliphatic rings. The van der Waals surface area contributed by atoms with Gasteiger partial charge < -0.3 is 10.0 Å². The van der Waals surface area contributed by atoms with E-state index < -0.39 is 6.10 Å². The lowest BCUT2D eigenvalue weighted by molar-refractivity contribution is -0.137. The molecule has 1 rings (SSSR count). The topological polar surface area (TPSA) is 40.5 Å². The number of amides is 1. The van der Waals surface area contributed by atoms with Gasteiger partial charge in [-0.25, -0.2) is 0 Å². The van der Waals surface area contributed by atoms with E-state index in [-0.39, 0.29) is 17.9 Å². The Morgan fingerprint density at radius 3 is 2.43 bits per heavy atom. The molecule has 3 atom stereocenters. The number of carbonyl (C=O) groups is 1. The highest BCUT2D eigenvalue weighted by Gasteiger charge is 2.26. The normalized spacial score (nSPS) is 16.2. The molecule has 0 unspecified atom stereocenters. The van der Waals surface area contributed by atoms with Crippen LogP contribution in [0.3, 0.4) is 0 Å². The predicted octanol–water partition coefficient (Wildman–Crippen LogP) is 3.93. The largest absolute Gasteiger partial charge is 0.386 e. The van der Waals surface area contributed by atoms with E-state index in [4.69, 9.17) is 0 Å². The van der Waals surface area contributed by atoms with Crippen molar-refractivity contribution in [2.24, 2.45) is 5.92 Å². The number of aliphatic hydroxyl groups excluding tert-OH is 1. The van der Waals surface area contributed by atoms with Crippen molar-refractivity contribution in [3.63, 3.8) is 0 Å². The number of benzene rings is 1. The minimum absolute atomic E-state index is 0.0649. The summed E-state index contributed by atoms with van der Waals surface area (Å²) in [5.74, 6) is -0.0125. The summed E-state index contributed by atoms with van der Waals surface area (Å²) in [7, 11) is 1.76. The average Bonchev–Trinajstić information content (AvgIpc) is 2.52. The summed E-state index contributed by atoms with van der Waals surface area (Å²) >= 11 is 2.19. The smallest absolute Gasteiger partial charge is 0.225 e. The fourth-order valence-corrected chi connectivity index (χ4v) is 2.56. The Bertz CT molecular complexity index is 487. The van der Waals surface area contributed by atoms with Crippen LogP contribution in [0.15, 0.2) is 40.0 Å². The van der Waals surface area contributed by atoms with Crippen LogP contribution in [0.2, 0.25) is 0 Å². The van der Waals surface area contributed by atoms with E-state index in [0.29, 0.717) is 0 Å². The van der Waals surface area contributed by atoms with Crippen LogP contribution >= 0.6 is 22.6 Å². The minimum Gasteiger partial charge on any atom is -0.386 e. The van der Waals surface area contributed by atoms with Crippen molar-refractivity contribution in [2.45, 2.75) is 39.3 Å². The molecule has 1 aromatic rings. The van der Waals surface area contributed by atoms with Gasteiger partial charge in [-0.2, -0.15) is 0 Å². The molecular formula is C17H24INO2. The van der Waals surface area contributed by atoms with Crippen molar-refractivity contribution in [1.29, 1.82) is 0 Å². The minimum atomic E-state index is -0.673. The van der Waals surface area contributed by atoms with Crippen LogP contribution in [0.4, 0.5) is 0 Å². The Kier molecular flexibility index (Phi) is 7.39. The van der Waals surface area contributed by atoms with Crippen LogP contribution in [0.1, 0.15) is 38.9 Å². The van der Waals surface area contributed by atoms with Gasteiger partial charge in [0.05, 0.1) is 12.1 Å². The molecule has 0 spiro atoms. The van der Waals surface area contributed by atoms with Crippen LogP contribution in [0.25, 0.3) is 0 Å². The Labute approximate surface area is 141 Å². The van der Waals surface area contributed by atoms with Crippen LogP contribution in [0, 0.1) is 5.92 Å². The zero-order valence-electron chi connectivity index (χ0n) is 13.1. The third-order valence-corrected chi connectivity index (χ3v) is 4.86. The van der Waals surface area contributed by atoms with Crippen molar-refractivity contribution < 1.29 is 9.90 Å². The molecule has 0 saturated heterocycles. The first kappa shape index (κ1) is 18.2. The third-order valence-electron chi connectivity index (χ3n) is 3.79. The molecular weight excluding hydrogens is 377 g/mol. The number of rotatable bonds is 6. The molecule has 0 aromatic heterocycles. The summed E-state index contributed by atoms with van der Waals surface area (Å²) in [6.45, 7) is 5.84. The lowest BCUT2D eigenvalue weighted by Gasteiger charge is -2.31. The molecule has 0 heterocycles. The molecule has 4 heteroatoms. The standard InChI is InChI=1S/C17H24INO2/c1-12(11-18)10-13(2)17(21)19(4)14(3)16(20)15-8-6-5-7-9-15/h5-9,11,13-14,16,20H,10H2,1-4H3/b12-11+/t13-,14+,16-/m0/s1. The second-order valence-electron chi connectivity index (χ2n) is 5.61. The molecule has 0 aliphatic heterocycles. The maximum atomic E-state index is 12.5. The molecule has 0 radical (unpaired) electrons. The first-order valence-electron chi connectivity index (χ1n) is 7.14. The number of nitrogens with zero attached hydrogens (tertiary/aromatic N) is 1. The van der Waals surface area contributed by atoms with Crippen molar-refractivity contribution in [2.75, 3.05) is 7.05 Å². The molecule has 0 aliphatic carbocycles. The molecule has 3 nitrogen and oxygen atoms in total. The maximum Gasteiger partial charge on any atom is 0.225 e. The highest BCUT2D eigenvalue weighted by molar-refractivity contribution is 14.1. The number of halogens is 1. The lowest BCUT2D eigenvalue weighted by Crippen LogP contribution is -2.41. The first-order chi connectivity index (χ1) is 9.88. The maximum absolute atomic E-state index is 12.5. The molecule has 1 N–H and O–H groups in total. The van der Waals surface area contributed by atoms with Gasteiger partial charge in [-0.1, -0.05) is 65.4 Å². The molecule has 21 heavy (non-hydrogen) atoms. The van der Waals surface area contributed by atoms with E-state index >= 15 is 0 Å². The summed E-state index contributed by atoms with van der Waals surface area (Å²) in [6, 6.07) is 9.20. The Balaban J connectivity index is 2.73. The second kappa shape index (κ2) is 8.54. The SMILES string of the molecule is C/C(=C\I)C[C@H](C)C(=O)N(C)[C@H](C)[C@H](O)c1ccccc1. The van der Waals surface area contributed by atoms with E-state index in [0.717, 1.165) is 12.0 Å². The number of hydrogen-bond donors (Lipinski definition) is 1. The van der Waals surface area contributed by atoms with Gasteiger partial charge >= 0.3 is 0 Å². The summed E-state index contributed by atoms with van der Waals surface area (Å²) < 4.78 is 2.00. The lowest BCUT2D eigenvalue weighted by atomic mass is 9.98. The van der Waals surface area contributed by atoms with Gasteiger partial charge in [0.15, 0.2) is 0 Å². The molecule has 1 amide bonds. The van der Waals surface area contributed by atoms with Crippen molar-refractivity contribution in [3.05, 3.63) is 45.6 Å². The van der Waals surface area contributed by atoms with Gasteiger partial charge in [0, 0.05) is 13.0 Å². The first-order valence-corrected chi connectivity index (χ1v) is 8.38. The van der Waals surface area contributed by atoms with Crippen LogP contribution in [-0.2, 0) is 4.79 Å². The number of likely N-dealkylation sites (N-methyl/N-ethyl adjacent to an activating group) is 1. The zero-order chi connectivity index (χ0) is 16.0. The van der Waals surface area contributed by atoms with Gasteiger partial charge in [0.1, 0.15) is 0 Å². The van der Waals surface area contributed by atoms with Gasteiger partial charge in [-0.15, -0.1) is 0 Å². The van der Waals surface area contributed by atoms with Crippen molar-refractivity contribution in [1.82, 2.24) is 4.90 Å². The zero-order valence-corrected chi connectivity index (χ0v) is 15.2. The summed E-state index contributed by atoms with van der Waals surface area (Å²) in [6.07, 6.45) is 0.0776. The second-order valence-corrected chi connectivity index (χ2v) is 6.23. The van der Waals surface area contributed by atoms with Gasteiger partial charge in [-0.3, -0.25) is 4.79 Å². The van der Waals surface area contributed by atoms with E-state index in [2.05, 4.69) is 22.6 Å².